The molecule has 3 rings (SSSR count). The quantitative estimate of drug-likeness (QED) is 0.910. The molecule has 0 bridgehead atoms. The molecule has 1 aliphatic heterocycles. The lowest BCUT2D eigenvalue weighted by atomic mass is 9.94. The molecule has 1 saturated heterocycles. The molecule has 1 amide bonds. The van der Waals surface area contributed by atoms with Crippen LogP contribution in [0.3, 0.4) is 0 Å². The van der Waals surface area contributed by atoms with Crippen LogP contribution in [0, 0.1) is 5.92 Å². The second-order valence-electron chi connectivity index (χ2n) is 7.27. The predicted molar refractivity (Wildman–Crippen MR) is 80.0 cm³/mol. The van der Waals surface area contributed by atoms with Gasteiger partial charge in [-0.15, -0.1) is 0 Å². The van der Waals surface area contributed by atoms with Gasteiger partial charge in [-0.2, -0.15) is 0 Å². The van der Waals surface area contributed by atoms with E-state index in [0.29, 0.717) is 5.92 Å². The summed E-state index contributed by atoms with van der Waals surface area (Å²) in [5.74, 6) is 0.546. The number of carbonyl (C=O) groups is 1. The molecule has 1 heterocycles. The van der Waals surface area contributed by atoms with Gasteiger partial charge in [-0.25, -0.2) is 4.79 Å². The number of aliphatic hydroxyl groups is 1. The molecule has 1 N–H and O–H groups in total. The van der Waals surface area contributed by atoms with Crippen LogP contribution in [-0.2, 0) is 16.8 Å². The van der Waals surface area contributed by atoms with Crippen molar-refractivity contribution in [2.24, 2.45) is 5.92 Å². The van der Waals surface area contributed by atoms with E-state index in [4.69, 9.17) is 9.84 Å². The lowest BCUT2D eigenvalue weighted by Crippen LogP contribution is -2.37. The van der Waals surface area contributed by atoms with Gasteiger partial charge >= 0.3 is 6.09 Å². The average molecular weight is 289 g/mol. The minimum Gasteiger partial charge on any atom is -0.444 e. The second kappa shape index (κ2) is 4.73. The van der Waals surface area contributed by atoms with Gasteiger partial charge in [0, 0.05) is 18.5 Å². The van der Waals surface area contributed by atoms with E-state index in [0.717, 1.165) is 25.1 Å². The zero-order valence-corrected chi connectivity index (χ0v) is 12.9. The summed E-state index contributed by atoms with van der Waals surface area (Å²) in [4.78, 5) is 14.0. The highest BCUT2D eigenvalue weighted by Gasteiger charge is 2.62. The maximum Gasteiger partial charge on any atom is 0.410 e. The molecule has 2 atom stereocenters. The first kappa shape index (κ1) is 14.4. The lowest BCUT2D eigenvalue weighted by Gasteiger charge is -2.26. The molecule has 0 aromatic heterocycles. The van der Waals surface area contributed by atoms with Crippen molar-refractivity contribution >= 4 is 6.09 Å². The third-order valence-corrected chi connectivity index (χ3v) is 4.51. The summed E-state index contributed by atoms with van der Waals surface area (Å²) in [7, 11) is 0. The molecule has 1 aromatic carbocycles. The number of rotatable bonds is 2. The molecule has 1 saturated carbocycles. The smallest absolute Gasteiger partial charge is 0.410 e. The van der Waals surface area contributed by atoms with Crippen molar-refractivity contribution in [1.29, 1.82) is 0 Å². The maximum atomic E-state index is 12.2. The Morgan fingerprint density at radius 1 is 1.38 bits per heavy atom. The van der Waals surface area contributed by atoms with Gasteiger partial charge in [-0.05, 0) is 44.2 Å². The standard InChI is InChI=1S/C17H23NO3/c1-16(2,3)21-15(20)18-9-14-8-17(14,11-18)13-6-4-12(10-19)5-7-13/h4-7,14,19H,8-11H2,1-3H3/t14-,17+/m1/s1. The van der Waals surface area contributed by atoms with Crippen molar-refractivity contribution in [2.45, 2.75) is 44.8 Å². The third-order valence-electron chi connectivity index (χ3n) is 4.51. The second-order valence-corrected chi connectivity index (χ2v) is 7.27. The van der Waals surface area contributed by atoms with E-state index in [9.17, 15) is 4.79 Å². The Morgan fingerprint density at radius 3 is 2.62 bits per heavy atom. The first-order chi connectivity index (χ1) is 9.84. The van der Waals surface area contributed by atoms with Crippen LogP contribution < -0.4 is 0 Å². The maximum absolute atomic E-state index is 12.2. The molecule has 114 valence electrons. The van der Waals surface area contributed by atoms with Crippen LogP contribution in [0.15, 0.2) is 24.3 Å². The molecule has 0 radical (unpaired) electrons. The molecule has 0 spiro atoms. The Balaban J connectivity index is 1.70. The van der Waals surface area contributed by atoms with E-state index >= 15 is 0 Å². The highest BCUT2D eigenvalue weighted by Crippen LogP contribution is 2.59. The van der Waals surface area contributed by atoms with Crippen molar-refractivity contribution in [3.05, 3.63) is 35.4 Å². The lowest BCUT2D eigenvalue weighted by molar-refractivity contribution is 0.0270. The van der Waals surface area contributed by atoms with E-state index in [1.165, 1.54) is 5.56 Å². The van der Waals surface area contributed by atoms with Gasteiger partial charge < -0.3 is 14.7 Å². The van der Waals surface area contributed by atoms with Crippen LogP contribution in [0.4, 0.5) is 4.79 Å². The van der Waals surface area contributed by atoms with Crippen LogP contribution in [-0.4, -0.2) is 34.8 Å². The van der Waals surface area contributed by atoms with Crippen LogP contribution in [0.2, 0.25) is 0 Å². The molecule has 4 heteroatoms. The van der Waals surface area contributed by atoms with E-state index in [1.54, 1.807) is 0 Å². The number of carbonyl (C=O) groups excluding carboxylic acids is 1. The number of ether oxygens (including phenoxy) is 1. The summed E-state index contributed by atoms with van der Waals surface area (Å²) in [5, 5.41) is 9.12. The fourth-order valence-corrected chi connectivity index (χ4v) is 3.34. The highest BCUT2D eigenvalue weighted by molar-refractivity contribution is 5.69. The van der Waals surface area contributed by atoms with Crippen molar-refractivity contribution < 1.29 is 14.6 Å². The zero-order valence-electron chi connectivity index (χ0n) is 12.9. The Morgan fingerprint density at radius 2 is 2.05 bits per heavy atom. The summed E-state index contributed by atoms with van der Waals surface area (Å²) in [6.45, 7) is 7.28. The molecule has 2 fully saturated rings. The van der Waals surface area contributed by atoms with Gasteiger partial charge in [-0.1, -0.05) is 24.3 Å². The number of benzene rings is 1. The summed E-state index contributed by atoms with van der Waals surface area (Å²) in [6, 6.07) is 8.11. The van der Waals surface area contributed by atoms with Gasteiger partial charge in [0.2, 0.25) is 0 Å². The monoisotopic (exact) mass is 289 g/mol. The third kappa shape index (κ3) is 2.64. The number of hydrogen-bond acceptors (Lipinski definition) is 3. The van der Waals surface area contributed by atoms with E-state index in [2.05, 4.69) is 12.1 Å². The Kier molecular flexibility index (Phi) is 3.24. The largest absolute Gasteiger partial charge is 0.444 e. The number of amides is 1. The first-order valence-electron chi connectivity index (χ1n) is 7.52. The zero-order chi connectivity index (χ0) is 15.3. The number of nitrogens with zero attached hydrogens (tertiary/aromatic N) is 1. The molecule has 0 unspecified atom stereocenters. The Hall–Kier alpha value is -1.55. The highest BCUT2D eigenvalue weighted by atomic mass is 16.6. The van der Waals surface area contributed by atoms with Gasteiger partial charge in [0.05, 0.1) is 6.61 Å². The van der Waals surface area contributed by atoms with Crippen LogP contribution in [0.25, 0.3) is 0 Å². The minimum absolute atomic E-state index is 0.0702. The van der Waals surface area contributed by atoms with Gasteiger partial charge in [0.1, 0.15) is 5.60 Å². The molecule has 4 nitrogen and oxygen atoms in total. The Bertz CT molecular complexity index is 546. The number of fused-ring (bicyclic) bond motifs is 1. The fraction of sp³-hybridized carbons (Fsp3) is 0.588. The van der Waals surface area contributed by atoms with Crippen molar-refractivity contribution in [2.75, 3.05) is 13.1 Å². The van der Waals surface area contributed by atoms with Crippen LogP contribution >= 0.6 is 0 Å². The minimum atomic E-state index is -0.445. The van der Waals surface area contributed by atoms with Gasteiger partial charge in [-0.3, -0.25) is 0 Å². The summed E-state index contributed by atoms with van der Waals surface area (Å²) >= 11 is 0. The van der Waals surface area contributed by atoms with Crippen molar-refractivity contribution in [3.63, 3.8) is 0 Å². The first-order valence-corrected chi connectivity index (χ1v) is 7.52. The summed E-state index contributed by atoms with van der Waals surface area (Å²) < 4.78 is 5.46. The topological polar surface area (TPSA) is 49.8 Å². The van der Waals surface area contributed by atoms with Gasteiger partial charge in [0.25, 0.3) is 0 Å². The van der Waals surface area contributed by atoms with Crippen LogP contribution in [0.5, 0.6) is 0 Å². The molecule has 21 heavy (non-hydrogen) atoms. The average Bonchev–Trinajstić information content (AvgIpc) is 2.99. The van der Waals surface area contributed by atoms with E-state index < -0.39 is 5.60 Å². The van der Waals surface area contributed by atoms with E-state index in [1.807, 2.05) is 37.8 Å². The van der Waals surface area contributed by atoms with Crippen molar-refractivity contribution in [3.8, 4) is 0 Å². The number of hydrogen-bond donors (Lipinski definition) is 1. The number of likely N-dealkylation sites (tertiary alicyclic amines) is 1. The molecule has 2 aliphatic rings. The molecular weight excluding hydrogens is 266 g/mol. The number of piperidine rings is 1. The molecule has 1 aromatic rings. The summed E-state index contributed by atoms with van der Waals surface area (Å²) in [6.07, 6.45) is 0.936. The fourth-order valence-electron chi connectivity index (χ4n) is 3.34. The number of aliphatic hydroxyl groups excluding tert-OH is 1. The normalized spacial score (nSPS) is 27.4. The van der Waals surface area contributed by atoms with Crippen molar-refractivity contribution in [1.82, 2.24) is 4.90 Å². The van der Waals surface area contributed by atoms with E-state index in [-0.39, 0.29) is 18.1 Å². The Labute approximate surface area is 125 Å². The van der Waals surface area contributed by atoms with Crippen LogP contribution in [0.1, 0.15) is 38.3 Å². The SMILES string of the molecule is CC(C)(C)OC(=O)N1C[C@H]2C[C@@]2(c2ccc(CO)cc2)C1. The van der Waals surface area contributed by atoms with Gasteiger partial charge in [0.15, 0.2) is 0 Å². The predicted octanol–water partition coefficient (Wildman–Crippen LogP) is 2.69. The molecule has 1 aliphatic carbocycles. The molecular formula is C17H23NO3. The summed E-state index contributed by atoms with van der Waals surface area (Å²) in [5.41, 5.74) is 1.87.